The number of anilines is 2. The Labute approximate surface area is 161 Å². The molecule has 27 heavy (non-hydrogen) atoms. The number of nitrogens with one attached hydrogen (secondary N) is 3. The summed E-state index contributed by atoms with van der Waals surface area (Å²) in [5, 5.41) is 8.50. The van der Waals surface area contributed by atoms with Gasteiger partial charge in [-0.1, -0.05) is 18.2 Å². The Balaban J connectivity index is 1.56. The van der Waals surface area contributed by atoms with Crippen LogP contribution < -0.4 is 16.0 Å². The first-order chi connectivity index (χ1) is 13.0. The molecule has 0 spiro atoms. The van der Waals surface area contributed by atoms with E-state index in [4.69, 9.17) is 16.6 Å². The molecule has 0 fully saturated rings. The van der Waals surface area contributed by atoms with Gasteiger partial charge < -0.3 is 15.1 Å². The summed E-state index contributed by atoms with van der Waals surface area (Å²) in [5.41, 5.74) is 2.73. The van der Waals surface area contributed by atoms with Crippen molar-refractivity contribution in [2.24, 2.45) is 0 Å². The summed E-state index contributed by atoms with van der Waals surface area (Å²) >= 11 is 5.19. The summed E-state index contributed by atoms with van der Waals surface area (Å²) in [5.74, 6) is -0.369. The molecule has 2 amide bonds. The molecule has 136 valence electrons. The van der Waals surface area contributed by atoms with Gasteiger partial charge in [-0.05, 0) is 67.2 Å². The highest BCUT2D eigenvalue weighted by Crippen LogP contribution is 2.15. The van der Waals surface area contributed by atoms with Gasteiger partial charge in [0.05, 0.1) is 6.26 Å². The Morgan fingerprint density at radius 3 is 2.15 bits per heavy atom. The maximum Gasteiger partial charge on any atom is 0.291 e. The lowest BCUT2D eigenvalue weighted by atomic mass is 10.1. The molecule has 0 aliphatic carbocycles. The van der Waals surface area contributed by atoms with Crippen LogP contribution in [-0.4, -0.2) is 16.9 Å². The zero-order valence-electron chi connectivity index (χ0n) is 14.5. The third kappa shape index (κ3) is 4.80. The minimum Gasteiger partial charge on any atom is -0.459 e. The molecule has 3 aromatic rings. The molecular formula is C20H17N3O3S. The van der Waals surface area contributed by atoms with Gasteiger partial charge in [0.15, 0.2) is 10.9 Å². The van der Waals surface area contributed by atoms with Crippen molar-refractivity contribution in [3.05, 3.63) is 83.8 Å². The molecule has 7 heteroatoms. The van der Waals surface area contributed by atoms with Gasteiger partial charge in [0.25, 0.3) is 11.8 Å². The topological polar surface area (TPSA) is 83.4 Å². The number of rotatable bonds is 4. The van der Waals surface area contributed by atoms with Gasteiger partial charge in [-0.25, -0.2) is 0 Å². The van der Waals surface area contributed by atoms with Crippen LogP contribution in [0.3, 0.4) is 0 Å². The van der Waals surface area contributed by atoms with E-state index in [0.717, 1.165) is 5.56 Å². The molecule has 1 heterocycles. The number of furan rings is 1. The zero-order chi connectivity index (χ0) is 19.2. The van der Waals surface area contributed by atoms with E-state index in [-0.39, 0.29) is 22.7 Å². The van der Waals surface area contributed by atoms with E-state index in [1.165, 1.54) is 6.26 Å². The highest BCUT2D eigenvalue weighted by molar-refractivity contribution is 7.80. The van der Waals surface area contributed by atoms with Crippen LogP contribution in [-0.2, 0) is 0 Å². The highest BCUT2D eigenvalue weighted by Gasteiger charge is 2.11. The Morgan fingerprint density at radius 2 is 1.52 bits per heavy atom. The summed E-state index contributed by atoms with van der Waals surface area (Å²) in [4.78, 5) is 24.2. The number of hydrogen-bond donors (Lipinski definition) is 3. The van der Waals surface area contributed by atoms with Crippen molar-refractivity contribution in [3.63, 3.8) is 0 Å². The number of benzene rings is 2. The fourth-order valence-corrected chi connectivity index (χ4v) is 2.61. The van der Waals surface area contributed by atoms with Crippen molar-refractivity contribution in [1.29, 1.82) is 0 Å². The molecular weight excluding hydrogens is 362 g/mol. The highest BCUT2D eigenvalue weighted by atomic mass is 32.1. The number of thiocarbonyl (C=S) groups is 1. The molecule has 0 bridgehead atoms. The summed E-state index contributed by atoms with van der Waals surface area (Å²) in [6, 6.07) is 17.4. The third-order valence-electron chi connectivity index (χ3n) is 3.76. The molecule has 0 unspecified atom stereocenters. The van der Waals surface area contributed by atoms with E-state index in [1.54, 1.807) is 48.5 Å². The maximum atomic E-state index is 12.3. The van der Waals surface area contributed by atoms with Crippen LogP contribution in [0.1, 0.15) is 26.5 Å². The zero-order valence-corrected chi connectivity index (χ0v) is 15.3. The van der Waals surface area contributed by atoms with Crippen molar-refractivity contribution < 1.29 is 14.0 Å². The van der Waals surface area contributed by atoms with Crippen LogP contribution in [0.4, 0.5) is 11.4 Å². The van der Waals surface area contributed by atoms with Crippen molar-refractivity contribution in [1.82, 2.24) is 5.32 Å². The maximum absolute atomic E-state index is 12.3. The molecule has 0 radical (unpaired) electrons. The largest absolute Gasteiger partial charge is 0.459 e. The first-order valence-corrected chi connectivity index (χ1v) is 8.56. The lowest BCUT2D eigenvalue weighted by molar-refractivity contribution is 0.0974. The Kier molecular flexibility index (Phi) is 5.63. The van der Waals surface area contributed by atoms with E-state index in [2.05, 4.69) is 16.0 Å². The monoisotopic (exact) mass is 379 g/mol. The second-order valence-electron chi connectivity index (χ2n) is 5.73. The van der Waals surface area contributed by atoms with Crippen LogP contribution in [0.2, 0.25) is 0 Å². The smallest absolute Gasteiger partial charge is 0.291 e. The number of carbonyl (C=O) groups is 2. The normalized spacial score (nSPS) is 10.1. The van der Waals surface area contributed by atoms with Crippen LogP contribution >= 0.6 is 12.2 Å². The standard InChI is InChI=1S/C20H17N3O3S/c1-13-5-2-3-6-16(13)18(24)23-20(27)22-15-10-8-14(9-11-15)21-19(25)17-7-4-12-26-17/h2-12H,1H3,(H,21,25)(H2,22,23,24,27). The lowest BCUT2D eigenvalue weighted by Crippen LogP contribution is -2.34. The molecule has 0 saturated carbocycles. The minimum atomic E-state index is -0.332. The van der Waals surface area contributed by atoms with E-state index in [9.17, 15) is 9.59 Å². The fourth-order valence-electron chi connectivity index (χ4n) is 2.40. The SMILES string of the molecule is Cc1ccccc1C(=O)NC(=S)Nc1ccc(NC(=O)c2ccco2)cc1. The summed E-state index contributed by atoms with van der Waals surface area (Å²) < 4.78 is 5.04. The first kappa shape index (κ1) is 18.3. The van der Waals surface area contributed by atoms with Gasteiger partial charge in [-0.3, -0.25) is 14.9 Å². The summed E-state index contributed by atoms with van der Waals surface area (Å²) in [7, 11) is 0. The molecule has 2 aromatic carbocycles. The Hall–Kier alpha value is -3.45. The average molecular weight is 379 g/mol. The number of hydrogen-bond acceptors (Lipinski definition) is 4. The van der Waals surface area contributed by atoms with Crippen LogP contribution in [0.5, 0.6) is 0 Å². The summed E-state index contributed by atoms with van der Waals surface area (Å²) in [6.45, 7) is 1.86. The predicted octanol–water partition coefficient (Wildman–Crippen LogP) is 3.97. The average Bonchev–Trinajstić information content (AvgIpc) is 3.18. The minimum absolute atomic E-state index is 0.190. The fraction of sp³-hybridized carbons (Fsp3) is 0.0500. The van der Waals surface area contributed by atoms with Gasteiger partial charge in [-0.15, -0.1) is 0 Å². The molecule has 0 aliphatic rings. The van der Waals surface area contributed by atoms with Crippen molar-refractivity contribution in [3.8, 4) is 0 Å². The number of aryl methyl sites for hydroxylation is 1. The van der Waals surface area contributed by atoms with Crippen molar-refractivity contribution in [2.75, 3.05) is 10.6 Å². The molecule has 3 N–H and O–H groups in total. The number of amides is 2. The van der Waals surface area contributed by atoms with Crippen molar-refractivity contribution in [2.45, 2.75) is 6.92 Å². The molecule has 0 aliphatic heterocycles. The summed E-state index contributed by atoms with van der Waals surface area (Å²) in [6.07, 6.45) is 1.44. The Bertz CT molecular complexity index is 966. The van der Waals surface area contributed by atoms with Crippen LogP contribution in [0.15, 0.2) is 71.3 Å². The van der Waals surface area contributed by atoms with E-state index in [0.29, 0.717) is 16.9 Å². The lowest BCUT2D eigenvalue weighted by Gasteiger charge is -2.11. The second kappa shape index (κ2) is 8.29. The van der Waals surface area contributed by atoms with Crippen LogP contribution in [0, 0.1) is 6.92 Å². The van der Waals surface area contributed by atoms with Gasteiger partial charge >= 0.3 is 0 Å². The van der Waals surface area contributed by atoms with Gasteiger partial charge in [-0.2, -0.15) is 0 Å². The quantitative estimate of drug-likeness (QED) is 0.598. The predicted molar refractivity (Wildman–Crippen MR) is 108 cm³/mol. The van der Waals surface area contributed by atoms with E-state index >= 15 is 0 Å². The Morgan fingerprint density at radius 1 is 0.852 bits per heavy atom. The second-order valence-corrected chi connectivity index (χ2v) is 6.14. The molecule has 0 saturated heterocycles. The van der Waals surface area contributed by atoms with Gasteiger partial charge in [0.1, 0.15) is 0 Å². The molecule has 3 rings (SSSR count). The molecule has 1 aromatic heterocycles. The molecule has 6 nitrogen and oxygen atoms in total. The third-order valence-corrected chi connectivity index (χ3v) is 3.97. The van der Waals surface area contributed by atoms with E-state index in [1.807, 2.05) is 19.1 Å². The van der Waals surface area contributed by atoms with E-state index < -0.39 is 0 Å². The van der Waals surface area contributed by atoms with Gasteiger partial charge in [0, 0.05) is 16.9 Å². The van der Waals surface area contributed by atoms with Gasteiger partial charge in [0.2, 0.25) is 0 Å². The molecule has 0 atom stereocenters. The van der Waals surface area contributed by atoms with Crippen molar-refractivity contribution >= 4 is 40.5 Å². The first-order valence-electron chi connectivity index (χ1n) is 8.16. The van der Waals surface area contributed by atoms with Crippen LogP contribution in [0.25, 0.3) is 0 Å². The number of carbonyl (C=O) groups excluding carboxylic acids is 2.